The molecule has 0 aliphatic rings. The summed E-state index contributed by atoms with van der Waals surface area (Å²) in [7, 11) is 3.53. The second kappa shape index (κ2) is 4.77. The van der Waals surface area contributed by atoms with Gasteiger partial charge in [0.05, 0.1) is 6.10 Å². The summed E-state index contributed by atoms with van der Waals surface area (Å²) >= 11 is 0. The highest BCUT2D eigenvalue weighted by Gasteiger charge is 2.04. The van der Waals surface area contributed by atoms with Crippen molar-refractivity contribution >= 4 is 5.82 Å². The van der Waals surface area contributed by atoms with Gasteiger partial charge in [-0.2, -0.15) is 0 Å². The molecule has 1 atom stereocenters. The van der Waals surface area contributed by atoms with Gasteiger partial charge in [-0.05, 0) is 13.0 Å². The SMILES string of the molecule is CNc1ccnc(CC(C)OC)n1. The molecule has 1 aromatic heterocycles. The first-order chi connectivity index (χ1) is 6.26. The topological polar surface area (TPSA) is 47.0 Å². The summed E-state index contributed by atoms with van der Waals surface area (Å²) in [6.45, 7) is 2.00. The van der Waals surface area contributed by atoms with Gasteiger partial charge in [0, 0.05) is 26.8 Å². The Morgan fingerprint density at radius 1 is 1.62 bits per heavy atom. The van der Waals surface area contributed by atoms with E-state index in [4.69, 9.17) is 4.74 Å². The maximum Gasteiger partial charge on any atom is 0.133 e. The Labute approximate surface area is 78.4 Å². The summed E-state index contributed by atoms with van der Waals surface area (Å²) in [5.41, 5.74) is 0. The van der Waals surface area contributed by atoms with Crippen molar-refractivity contribution in [2.75, 3.05) is 19.5 Å². The smallest absolute Gasteiger partial charge is 0.133 e. The Bertz CT molecular complexity index is 265. The number of nitrogens with one attached hydrogen (secondary N) is 1. The number of rotatable bonds is 4. The predicted molar refractivity (Wildman–Crippen MR) is 51.8 cm³/mol. The fourth-order valence-corrected chi connectivity index (χ4v) is 0.977. The molecule has 4 heteroatoms. The molecule has 0 bridgehead atoms. The summed E-state index contributed by atoms with van der Waals surface area (Å²) in [5.74, 6) is 1.65. The highest BCUT2D eigenvalue weighted by Crippen LogP contribution is 2.03. The van der Waals surface area contributed by atoms with Crippen LogP contribution in [0.3, 0.4) is 0 Å². The van der Waals surface area contributed by atoms with Crippen LogP contribution in [0, 0.1) is 0 Å². The first kappa shape index (κ1) is 9.92. The third kappa shape index (κ3) is 2.99. The molecule has 13 heavy (non-hydrogen) atoms. The van der Waals surface area contributed by atoms with Crippen molar-refractivity contribution in [2.24, 2.45) is 0 Å². The molecular weight excluding hydrogens is 166 g/mol. The Hall–Kier alpha value is -1.16. The number of hydrogen-bond acceptors (Lipinski definition) is 4. The average Bonchev–Trinajstić information content (AvgIpc) is 2.18. The summed E-state index contributed by atoms with van der Waals surface area (Å²) < 4.78 is 5.13. The molecule has 1 rings (SSSR count). The van der Waals surface area contributed by atoms with Crippen molar-refractivity contribution < 1.29 is 4.74 Å². The van der Waals surface area contributed by atoms with E-state index in [0.29, 0.717) is 0 Å². The molecule has 0 fully saturated rings. The van der Waals surface area contributed by atoms with Crippen molar-refractivity contribution in [2.45, 2.75) is 19.4 Å². The van der Waals surface area contributed by atoms with Gasteiger partial charge in [0.25, 0.3) is 0 Å². The summed E-state index contributed by atoms with van der Waals surface area (Å²) in [6, 6.07) is 1.83. The molecule has 1 aromatic rings. The Morgan fingerprint density at radius 2 is 2.38 bits per heavy atom. The Balaban J connectivity index is 2.66. The van der Waals surface area contributed by atoms with E-state index in [1.54, 1.807) is 13.3 Å². The maximum absolute atomic E-state index is 5.13. The van der Waals surface area contributed by atoms with E-state index >= 15 is 0 Å². The van der Waals surface area contributed by atoms with Gasteiger partial charge in [0.2, 0.25) is 0 Å². The fourth-order valence-electron chi connectivity index (χ4n) is 0.977. The molecule has 1 heterocycles. The van der Waals surface area contributed by atoms with Crippen LogP contribution in [0.25, 0.3) is 0 Å². The largest absolute Gasteiger partial charge is 0.381 e. The number of nitrogens with zero attached hydrogens (tertiary/aromatic N) is 2. The zero-order valence-electron chi connectivity index (χ0n) is 8.24. The highest BCUT2D eigenvalue weighted by atomic mass is 16.5. The molecular formula is C9H15N3O. The zero-order valence-corrected chi connectivity index (χ0v) is 8.24. The lowest BCUT2D eigenvalue weighted by Crippen LogP contribution is -2.11. The monoisotopic (exact) mass is 181 g/mol. The van der Waals surface area contributed by atoms with Gasteiger partial charge in [-0.25, -0.2) is 9.97 Å². The third-order valence-electron chi connectivity index (χ3n) is 1.83. The van der Waals surface area contributed by atoms with Crippen molar-refractivity contribution in [3.05, 3.63) is 18.1 Å². The minimum atomic E-state index is 0.159. The summed E-state index contributed by atoms with van der Waals surface area (Å²) in [6.07, 6.45) is 2.65. The lowest BCUT2D eigenvalue weighted by molar-refractivity contribution is 0.117. The first-order valence-corrected chi connectivity index (χ1v) is 4.28. The van der Waals surface area contributed by atoms with Gasteiger partial charge in [0.15, 0.2) is 0 Å². The van der Waals surface area contributed by atoms with E-state index in [1.165, 1.54) is 0 Å². The average molecular weight is 181 g/mol. The van der Waals surface area contributed by atoms with Gasteiger partial charge in [-0.3, -0.25) is 0 Å². The fraction of sp³-hybridized carbons (Fsp3) is 0.556. The summed E-state index contributed by atoms with van der Waals surface area (Å²) in [5, 5.41) is 2.97. The van der Waals surface area contributed by atoms with Gasteiger partial charge >= 0.3 is 0 Å². The molecule has 0 saturated heterocycles. The molecule has 0 radical (unpaired) electrons. The lowest BCUT2D eigenvalue weighted by atomic mass is 10.3. The minimum absolute atomic E-state index is 0.159. The molecule has 0 saturated carbocycles. The second-order valence-corrected chi connectivity index (χ2v) is 2.86. The van der Waals surface area contributed by atoms with Crippen molar-refractivity contribution in [3.8, 4) is 0 Å². The van der Waals surface area contributed by atoms with Crippen molar-refractivity contribution in [1.29, 1.82) is 0 Å². The van der Waals surface area contributed by atoms with E-state index < -0.39 is 0 Å². The number of aromatic nitrogens is 2. The van der Waals surface area contributed by atoms with Gasteiger partial charge in [-0.1, -0.05) is 0 Å². The molecule has 0 spiro atoms. The number of methoxy groups -OCH3 is 1. The molecule has 4 nitrogen and oxygen atoms in total. The van der Waals surface area contributed by atoms with Gasteiger partial charge in [-0.15, -0.1) is 0 Å². The van der Waals surface area contributed by atoms with Crippen LogP contribution in [0.5, 0.6) is 0 Å². The normalized spacial score (nSPS) is 12.5. The lowest BCUT2D eigenvalue weighted by Gasteiger charge is -2.08. The van der Waals surface area contributed by atoms with Crippen LogP contribution in [0.1, 0.15) is 12.7 Å². The Kier molecular flexibility index (Phi) is 3.64. The van der Waals surface area contributed by atoms with Crippen LogP contribution in [-0.2, 0) is 11.2 Å². The van der Waals surface area contributed by atoms with Crippen LogP contribution in [-0.4, -0.2) is 30.2 Å². The number of anilines is 1. The molecule has 1 unspecified atom stereocenters. The van der Waals surface area contributed by atoms with Crippen molar-refractivity contribution in [1.82, 2.24) is 9.97 Å². The van der Waals surface area contributed by atoms with Crippen LogP contribution in [0.4, 0.5) is 5.82 Å². The van der Waals surface area contributed by atoms with Crippen LogP contribution < -0.4 is 5.32 Å². The van der Waals surface area contributed by atoms with Crippen LogP contribution >= 0.6 is 0 Å². The van der Waals surface area contributed by atoms with E-state index in [-0.39, 0.29) is 6.10 Å². The Morgan fingerprint density at radius 3 is 3.00 bits per heavy atom. The standard InChI is InChI=1S/C9H15N3O/c1-7(13-3)6-9-11-5-4-8(10-2)12-9/h4-5,7H,6H2,1-3H3,(H,10,11,12). The summed E-state index contributed by atoms with van der Waals surface area (Å²) in [4.78, 5) is 8.42. The quantitative estimate of drug-likeness (QED) is 0.755. The van der Waals surface area contributed by atoms with E-state index in [1.807, 2.05) is 20.0 Å². The first-order valence-electron chi connectivity index (χ1n) is 4.28. The predicted octanol–water partition coefficient (Wildman–Crippen LogP) is 1.10. The van der Waals surface area contributed by atoms with E-state index in [9.17, 15) is 0 Å². The molecule has 0 aromatic carbocycles. The maximum atomic E-state index is 5.13. The molecule has 0 amide bonds. The number of hydrogen-bond donors (Lipinski definition) is 1. The molecule has 72 valence electrons. The molecule has 0 aliphatic carbocycles. The minimum Gasteiger partial charge on any atom is -0.381 e. The molecule has 1 N–H and O–H groups in total. The second-order valence-electron chi connectivity index (χ2n) is 2.86. The van der Waals surface area contributed by atoms with Crippen molar-refractivity contribution in [3.63, 3.8) is 0 Å². The van der Waals surface area contributed by atoms with Crippen LogP contribution in [0.15, 0.2) is 12.3 Å². The zero-order chi connectivity index (χ0) is 9.68. The van der Waals surface area contributed by atoms with Gasteiger partial charge < -0.3 is 10.1 Å². The number of ether oxygens (including phenoxy) is 1. The van der Waals surface area contributed by atoms with Crippen LogP contribution in [0.2, 0.25) is 0 Å². The third-order valence-corrected chi connectivity index (χ3v) is 1.83. The molecule has 0 aliphatic heterocycles. The van der Waals surface area contributed by atoms with E-state index in [0.717, 1.165) is 18.1 Å². The van der Waals surface area contributed by atoms with E-state index in [2.05, 4.69) is 15.3 Å². The highest BCUT2D eigenvalue weighted by molar-refractivity contribution is 5.31. The van der Waals surface area contributed by atoms with Gasteiger partial charge in [0.1, 0.15) is 11.6 Å².